The molecule has 3 atom stereocenters. The van der Waals surface area contributed by atoms with E-state index in [1.54, 1.807) is 38.3 Å². The number of esters is 1. The van der Waals surface area contributed by atoms with E-state index >= 15 is 0 Å². The zero-order valence-electron chi connectivity index (χ0n) is 20.2. The van der Waals surface area contributed by atoms with Crippen molar-refractivity contribution in [2.45, 2.75) is 38.8 Å². The van der Waals surface area contributed by atoms with Crippen LogP contribution in [0.2, 0.25) is 0 Å². The molecule has 0 spiro atoms. The highest BCUT2D eigenvalue weighted by molar-refractivity contribution is 6.12. The number of aromatic nitrogens is 2. The number of H-pyrrole nitrogens is 1. The maximum Gasteiger partial charge on any atom is 0.356 e. The molecule has 4 heterocycles. The average Bonchev–Trinajstić information content (AvgIpc) is 3.21. The zero-order chi connectivity index (χ0) is 24.7. The van der Waals surface area contributed by atoms with E-state index in [9.17, 15) is 14.4 Å². The molecule has 0 radical (unpaired) electrons. The summed E-state index contributed by atoms with van der Waals surface area (Å²) in [7, 11) is 1.57. The van der Waals surface area contributed by atoms with Crippen molar-refractivity contribution in [1.29, 1.82) is 0 Å². The molecule has 35 heavy (non-hydrogen) atoms. The summed E-state index contributed by atoms with van der Waals surface area (Å²) < 4.78 is 12.4. The standard InChI is InChI=1S/C26H30N4O5/c1-4-35-26(33)24-23(19-11-18(34-3)8-9-20(19)27-24)28-25(32)15(2)29-12-16-10-17(14-29)21-6-5-7-22(31)30(21)13-16/h5-9,11,15-17,27H,4,10,12-14H2,1-3H3,(H,28,32). The number of amides is 1. The number of pyridine rings is 1. The van der Waals surface area contributed by atoms with Crippen LogP contribution in [0.5, 0.6) is 5.75 Å². The molecule has 0 aliphatic carbocycles. The monoisotopic (exact) mass is 478 g/mol. The van der Waals surface area contributed by atoms with Gasteiger partial charge in [0.25, 0.3) is 5.56 Å². The number of hydrogen-bond donors (Lipinski definition) is 2. The van der Waals surface area contributed by atoms with Crippen molar-refractivity contribution < 1.29 is 19.1 Å². The third-order valence-electron chi connectivity index (χ3n) is 7.17. The predicted octanol–water partition coefficient (Wildman–Crippen LogP) is 2.96. The lowest BCUT2D eigenvalue weighted by atomic mass is 9.82. The molecule has 2 N–H and O–H groups in total. The van der Waals surface area contributed by atoms with Gasteiger partial charge in [0.1, 0.15) is 11.4 Å². The van der Waals surface area contributed by atoms with Gasteiger partial charge in [0, 0.05) is 48.2 Å². The third-order valence-corrected chi connectivity index (χ3v) is 7.17. The minimum Gasteiger partial charge on any atom is -0.497 e. The van der Waals surface area contributed by atoms with Gasteiger partial charge in [-0.2, -0.15) is 0 Å². The van der Waals surface area contributed by atoms with Gasteiger partial charge >= 0.3 is 5.97 Å². The first-order valence-electron chi connectivity index (χ1n) is 12.0. The summed E-state index contributed by atoms with van der Waals surface area (Å²) in [6.07, 6.45) is 1.02. The maximum absolute atomic E-state index is 13.5. The molecule has 0 saturated carbocycles. The van der Waals surface area contributed by atoms with Gasteiger partial charge in [-0.1, -0.05) is 6.07 Å². The average molecular weight is 479 g/mol. The number of anilines is 1. The molecule has 1 fully saturated rings. The lowest BCUT2D eigenvalue weighted by molar-refractivity contribution is -0.121. The second-order valence-corrected chi connectivity index (χ2v) is 9.32. The summed E-state index contributed by atoms with van der Waals surface area (Å²) in [5, 5.41) is 3.67. The molecule has 2 aliphatic rings. The van der Waals surface area contributed by atoms with Crippen LogP contribution in [0.1, 0.15) is 42.4 Å². The van der Waals surface area contributed by atoms with Gasteiger partial charge < -0.3 is 24.3 Å². The summed E-state index contributed by atoms with van der Waals surface area (Å²) in [6.45, 7) is 5.95. The van der Waals surface area contributed by atoms with Gasteiger partial charge in [0.15, 0.2) is 0 Å². The number of hydrogen-bond acceptors (Lipinski definition) is 6. The van der Waals surface area contributed by atoms with Crippen molar-refractivity contribution in [3.8, 4) is 5.75 Å². The Morgan fingerprint density at radius 2 is 2.03 bits per heavy atom. The van der Waals surface area contributed by atoms with E-state index in [1.165, 1.54) is 0 Å². The quantitative estimate of drug-likeness (QED) is 0.528. The molecule has 2 bridgehead atoms. The van der Waals surface area contributed by atoms with Crippen molar-refractivity contribution in [1.82, 2.24) is 14.5 Å². The number of rotatable bonds is 6. The fourth-order valence-electron chi connectivity index (χ4n) is 5.43. The fraction of sp³-hybridized carbons (Fsp3) is 0.423. The molecule has 2 aliphatic heterocycles. The Morgan fingerprint density at radius 1 is 1.20 bits per heavy atom. The molecule has 5 rings (SSSR count). The van der Waals surface area contributed by atoms with Crippen molar-refractivity contribution >= 4 is 28.5 Å². The van der Waals surface area contributed by atoms with Crippen LogP contribution in [0, 0.1) is 5.92 Å². The number of nitrogens with one attached hydrogen (secondary N) is 2. The van der Waals surface area contributed by atoms with E-state index in [4.69, 9.17) is 9.47 Å². The molecule has 3 aromatic rings. The third kappa shape index (κ3) is 4.20. The van der Waals surface area contributed by atoms with Gasteiger partial charge in [0.05, 0.1) is 25.4 Å². The molecule has 9 heteroatoms. The maximum atomic E-state index is 13.5. The number of likely N-dealkylation sites (tertiary alicyclic amines) is 1. The van der Waals surface area contributed by atoms with Gasteiger partial charge in [0.2, 0.25) is 5.91 Å². The number of methoxy groups -OCH3 is 1. The number of piperidine rings is 1. The first-order valence-corrected chi connectivity index (χ1v) is 12.0. The molecule has 1 saturated heterocycles. The van der Waals surface area contributed by atoms with Crippen LogP contribution < -0.4 is 15.6 Å². The summed E-state index contributed by atoms with van der Waals surface area (Å²) in [4.78, 5) is 43.7. The number of nitrogens with zero attached hydrogens (tertiary/aromatic N) is 2. The van der Waals surface area contributed by atoms with Gasteiger partial charge in [-0.05, 0) is 50.5 Å². The molecule has 2 aromatic heterocycles. The molecule has 3 unspecified atom stereocenters. The number of benzene rings is 1. The van der Waals surface area contributed by atoms with Crippen LogP contribution in [0.15, 0.2) is 41.2 Å². The van der Waals surface area contributed by atoms with Gasteiger partial charge in [-0.25, -0.2) is 4.79 Å². The lowest BCUT2D eigenvalue weighted by Gasteiger charge is -2.44. The van der Waals surface area contributed by atoms with E-state index in [0.717, 1.165) is 18.7 Å². The minimum absolute atomic E-state index is 0.0395. The highest BCUT2D eigenvalue weighted by Gasteiger charge is 2.37. The van der Waals surface area contributed by atoms with E-state index in [0.29, 0.717) is 41.3 Å². The number of carbonyl (C=O) groups is 2. The van der Waals surface area contributed by atoms with Gasteiger partial charge in [-0.15, -0.1) is 0 Å². The zero-order valence-corrected chi connectivity index (χ0v) is 20.2. The lowest BCUT2D eigenvalue weighted by Crippen LogP contribution is -2.52. The Bertz CT molecular complexity index is 1340. The summed E-state index contributed by atoms with van der Waals surface area (Å²) >= 11 is 0. The SMILES string of the molecule is CCOC(=O)c1[nH]c2ccc(OC)cc2c1NC(=O)C(C)N1CC2CC(C1)c1cccc(=O)n1C2. The molecule has 1 aromatic carbocycles. The minimum atomic E-state index is -0.528. The highest BCUT2D eigenvalue weighted by Crippen LogP contribution is 2.36. The molecule has 184 valence electrons. The molecular formula is C26H30N4O5. The second kappa shape index (κ2) is 9.22. The van der Waals surface area contributed by atoms with Crippen LogP contribution in [0.25, 0.3) is 10.9 Å². The fourth-order valence-corrected chi connectivity index (χ4v) is 5.43. The predicted molar refractivity (Wildman–Crippen MR) is 132 cm³/mol. The Balaban J connectivity index is 1.41. The van der Waals surface area contributed by atoms with Crippen molar-refractivity contribution in [2.24, 2.45) is 5.92 Å². The van der Waals surface area contributed by atoms with Crippen molar-refractivity contribution in [2.75, 3.05) is 32.1 Å². The van der Waals surface area contributed by atoms with Crippen LogP contribution in [-0.2, 0) is 16.1 Å². The van der Waals surface area contributed by atoms with Gasteiger partial charge in [-0.3, -0.25) is 14.5 Å². The largest absolute Gasteiger partial charge is 0.497 e. The van der Waals surface area contributed by atoms with E-state index in [1.807, 2.05) is 23.6 Å². The Kier molecular flexibility index (Phi) is 6.10. The number of ether oxygens (including phenoxy) is 2. The Morgan fingerprint density at radius 3 is 2.80 bits per heavy atom. The summed E-state index contributed by atoms with van der Waals surface area (Å²) in [5.74, 6) is 0.404. The Labute approximate surface area is 203 Å². The van der Waals surface area contributed by atoms with Crippen LogP contribution in [0.4, 0.5) is 5.69 Å². The van der Waals surface area contributed by atoms with Crippen molar-refractivity contribution in [3.05, 3.63) is 58.1 Å². The smallest absolute Gasteiger partial charge is 0.356 e. The summed E-state index contributed by atoms with van der Waals surface area (Å²) in [6, 6.07) is 10.4. The normalized spacial score (nSPS) is 20.2. The Hall–Kier alpha value is -3.59. The molecule has 9 nitrogen and oxygen atoms in total. The second-order valence-electron chi connectivity index (χ2n) is 9.32. The summed E-state index contributed by atoms with van der Waals surface area (Å²) in [5.41, 5.74) is 2.38. The van der Waals surface area contributed by atoms with E-state index < -0.39 is 12.0 Å². The first kappa shape index (κ1) is 23.2. The topological polar surface area (TPSA) is 106 Å². The van der Waals surface area contributed by atoms with E-state index in [2.05, 4.69) is 15.2 Å². The molecular weight excluding hydrogens is 448 g/mol. The first-order chi connectivity index (χ1) is 16.9. The number of aromatic amines is 1. The number of fused-ring (bicyclic) bond motifs is 5. The van der Waals surface area contributed by atoms with Crippen LogP contribution in [0.3, 0.4) is 0 Å². The number of carbonyl (C=O) groups excluding carboxylic acids is 2. The van der Waals surface area contributed by atoms with Crippen LogP contribution in [-0.4, -0.2) is 59.2 Å². The molecule has 1 amide bonds. The van der Waals surface area contributed by atoms with Crippen molar-refractivity contribution in [3.63, 3.8) is 0 Å². The highest BCUT2D eigenvalue weighted by atomic mass is 16.5. The van der Waals surface area contributed by atoms with Crippen LogP contribution >= 0.6 is 0 Å². The van der Waals surface area contributed by atoms with E-state index in [-0.39, 0.29) is 29.7 Å².